The molecule has 0 saturated carbocycles. The highest BCUT2D eigenvalue weighted by Gasteiger charge is 2.34. The second-order valence-corrected chi connectivity index (χ2v) is 6.32. The van der Waals surface area contributed by atoms with Gasteiger partial charge in [-0.25, -0.2) is 9.78 Å². The van der Waals surface area contributed by atoms with Crippen molar-refractivity contribution in [3.63, 3.8) is 0 Å². The molecule has 2 heterocycles. The van der Waals surface area contributed by atoms with Crippen LogP contribution < -0.4 is 0 Å². The molecule has 1 fully saturated rings. The van der Waals surface area contributed by atoms with E-state index >= 15 is 0 Å². The molecule has 0 unspecified atom stereocenters. The number of nitrogens with zero attached hydrogens (tertiary/aromatic N) is 2. The Bertz CT molecular complexity index is 861. The van der Waals surface area contributed by atoms with E-state index in [4.69, 9.17) is 9.15 Å². The van der Waals surface area contributed by atoms with Crippen LogP contribution in [0.5, 0.6) is 0 Å². The van der Waals surface area contributed by atoms with Crippen molar-refractivity contribution in [2.75, 3.05) is 6.54 Å². The molecule has 0 bridgehead atoms. The molecule has 1 atom stereocenters. The number of benzene rings is 2. The first kappa shape index (κ1) is 16.4. The van der Waals surface area contributed by atoms with E-state index < -0.39 is 0 Å². The average molecular weight is 348 g/mol. The van der Waals surface area contributed by atoms with Gasteiger partial charge >= 0.3 is 6.09 Å². The summed E-state index contributed by atoms with van der Waals surface area (Å²) >= 11 is 0. The van der Waals surface area contributed by atoms with Crippen molar-refractivity contribution >= 4 is 6.09 Å². The first-order valence-electron chi connectivity index (χ1n) is 8.80. The van der Waals surface area contributed by atoms with Crippen LogP contribution in [-0.2, 0) is 11.3 Å². The van der Waals surface area contributed by atoms with Gasteiger partial charge in [-0.05, 0) is 18.4 Å². The molecule has 1 aliphatic rings. The summed E-state index contributed by atoms with van der Waals surface area (Å²) in [5, 5.41) is 0. The molecule has 3 aromatic rings. The molecule has 0 N–H and O–H groups in total. The number of carbonyl (C=O) groups excluding carboxylic acids is 1. The van der Waals surface area contributed by atoms with Crippen molar-refractivity contribution in [3.05, 3.63) is 78.3 Å². The summed E-state index contributed by atoms with van der Waals surface area (Å²) in [6.45, 7) is 0.922. The van der Waals surface area contributed by atoms with Crippen molar-refractivity contribution in [2.24, 2.45) is 0 Å². The molecule has 132 valence electrons. The van der Waals surface area contributed by atoms with Crippen LogP contribution in [0.3, 0.4) is 0 Å². The smallest absolute Gasteiger partial charge is 0.410 e. The lowest BCUT2D eigenvalue weighted by Crippen LogP contribution is -2.31. The predicted molar refractivity (Wildman–Crippen MR) is 97.2 cm³/mol. The van der Waals surface area contributed by atoms with Gasteiger partial charge in [-0.15, -0.1) is 0 Å². The van der Waals surface area contributed by atoms with Gasteiger partial charge in [0.2, 0.25) is 5.89 Å². The monoisotopic (exact) mass is 348 g/mol. The highest BCUT2D eigenvalue weighted by atomic mass is 16.6. The van der Waals surface area contributed by atoms with Gasteiger partial charge in [0, 0.05) is 12.1 Å². The van der Waals surface area contributed by atoms with Gasteiger partial charge < -0.3 is 9.15 Å². The largest absolute Gasteiger partial charge is 0.445 e. The zero-order chi connectivity index (χ0) is 17.8. The van der Waals surface area contributed by atoms with Crippen molar-refractivity contribution in [1.29, 1.82) is 0 Å². The summed E-state index contributed by atoms with van der Waals surface area (Å²) in [6.07, 6.45) is 3.13. The van der Waals surface area contributed by atoms with E-state index in [9.17, 15) is 4.79 Å². The molecule has 1 aliphatic heterocycles. The summed E-state index contributed by atoms with van der Waals surface area (Å²) in [4.78, 5) is 18.6. The van der Waals surface area contributed by atoms with E-state index in [-0.39, 0.29) is 18.7 Å². The Morgan fingerprint density at radius 2 is 1.85 bits per heavy atom. The van der Waals surface area contributed by atoms with Gasteiger partial charge in [0.1, 0.15) is 12.6 Å². The summed E-state index contributed by atoms with van der Waals surface area (Å²) in [6, 6.07) is 19.3. The fraction of sp³-hybridized carbons (Fsp3) is 0.238. The van der Waals surface area contributed by atoms with E-state index in [1.807, 2.05) is 60.7 Å². The van der Waals surface area contributed by atoms with E-state index in [0.717, 1.165) is 24.0 Å². The van der Waals surface area contributed by atoms with Crippen LogP contribution in [-0.4, -0.2) is 22.5 Å². The van der Waals surface area contributed by atoms with Crippen molar-refractivity contribution in [2.45, 2.75) is 25.5 Å². The predicted octanol–water partition coefficient (Wildman–Crippen LogP) is 4.82. The van der Waals surface area contributed by atoms with E-state index in [0.29, 0.717) is 18.2 Å². The van der Waals surface area contributed by atoms with Crippen LogP contribution in [0.1, 0.15) is 30.3 Å². The number of aromatic nitrogens is 1. The number of ether oxygens (including phenoxy) is 1. The minimum absolute atomic E-state index is 0.171. The number of likely N-dealkylation sites (tertiary alicyclic amines) is 1. The topological polar surface area (TPSA) is 55.6 Å². The minimum Gasteiger partial charge on any atom is -0.445 e. The first-order valence-corrected chi connectivity index (χ1v) is 8.80. The molecule has 0 aliphatic carbocycles. The number of amides is 1. The van der Waals surface area contributed by atoms with Crippen molar-refractivity contribution in [3.8, 4) is 11.3 Å². The van der Waals surface area contributed by atoms with Crippen LogP contribution in [0.25, 0.3) is 11.3 Å². The molecule has 26 heavy (non-hydrogen) atoms. The van der Waals surface area contributed by atoms with Gasteiger partial charge in [0.25, 0.3) is 0 Å². The summed E-state index contributed by atoms with van der Waals surface area (Å²) in [7, 11) is 0. The Balaban J connectivity index is 1.45. The maximum atomic E-state index is 12.5. The molecular formula is C21H20N2O3. The maximum absolute atomic E-state index is 12.5. The van der Waals surface area contributed by atoms with Crippen LogP contribution in [0.4, 0.5) is 4.79 Å². The van der Waals surface area contributed by atoms with Crippen LogP contribution in [0.2, 0.25) is 0 Å². The van der Waals surface area contributed by atoms with Gasteiger partial charge in [-0.1, -0.05) is 60.7 Å². The first-order chi connectivity index (χ1) is 12.8. The number of hydrogen-bond acceptors (Lipinski definition) is 4. The SMILES string of the molecule is O=C(OCc1ccccc1)N1CCC[C@H]1c1ncc(-c2ccccc2)o1. The van der Waals surface area contributed by atoms with Crippen LogP contribution in [0, 0.1) is 0 Å². The number of carbonyl (C=O) groups is 1. The molecular weight excluding hydrogens is 328 g/mol. The lowest BCUT2D eigenvalue weighted by Gasteiger charge is -2.21. The van der Waals surface area contributed by atoms with Gasteiger partial charge in [-0.2, -0.15) is 0 Å². The Labute approximate surface area is 152 Å². The fourth-order valence-electron chi connectivity index (χ4n) is 3.22. The normalized spacial score (nSPS) is 16.6. The molecule has 2 aromatic carbocycles. The Morgan fingerprint density at radius 1 is 1.12 bits per heavy atom. The molecule has 1 amide bonds. The third-order valence-corrected chi connectivity index (χ3v) is 4.56. The van der Waals surface area contributed by atoms with Crippen LogP contribution >= 0.6 is 0 Å². The van der Waals surface area contributed by atoms with Crippen molar-refractivity contribution in [1.82, 2.24) is 9.88 Å². The average Bonchev–Trinajstić information content (AvgIpc) is 3.37. The quantitative estimate of drug-likeness (QED) is 0.678. The third kappa shape index (κ3) is 3.47. The second-order valence-electron chi connectivity index (χ2n) is 6.32. The minimum atomic E-state index is -0.323. The number of oxazole rings is 1. The summed E-state index contributed by atoms with van der Waals surface area (Å²) in [5.74, 6) is 1.28. The molecule has 1 saturated heterocycles. The standard InChI is InChI=1S/C21H20N2O3/c24-21(25-15-16-8-3-1-4-9-16)23-13-7-12-18(23)20-22-14-19(26-20)17-10-5-2-6-11-17/h1-6,8-11,14,18H,7,12-13,15H2/t18-/m0/s1. The molecule has 0 radical (unpaired) electrons. The van der Waals surface area contributed by atoms with E-state index in [1.165, 1.54) is 0 Å². The Morgan fingerprint density at radius 3 is 2.62 bits per heavy atom. The highest BCUT2D eigenvalue weighted by molar-refractivity contribution is 5.68. The lowest BCUT2D eigenvalue weighted by atomic mass is 10.2. The zero-order valence-electron chi connectivity index (χ0n) is 14.4. The summed E-state index contributed by atoms with van der Waals surface area (Å²) in [5.41, 5.74) is 1.95. The summed E-state index contributed by atoms with van der Waals surface area (Å²) < 4.78 is 11.4. The Hall–Kier alpha value is -3.08. The molecule has 1 aromatic heterocycles. The fourth-order valence-corrected chi connectivity index (χ4v) is 3.22. The van der Waals surface area contributed by atoms with Crippen LogP contribution in [0.15, 0.2) is 71.3 Å². The maximum Gasteiger partial charge on any atom is 0.410 e. The van der Waals surface area contributed by atoms with Gasteiger partial charge in [0.15, 0.2) is 5.76 Å². The number of hydrogen-bond donors (Lipinski definition) is 0. The van der Waals surface area contributed by atoms with Gasteiger partial charge in [-0.3, -0.25) is 4.90 Å². The van der Waals surface area contributed by atoms with E-state index in [2.05, 4.69) is 4.98 Å². The second kappa shape index (κ2) is 7.44. The zero-order valence-corrected chi connectivity index (χ0v) is 14.4. The Kier molecular flexibility index (Phi) is 4.69. The highest BCUT2D eigenvalue weighted by Crippen LogP contribution is 2.34. The van der Waals surface area contributed by atoms with E-state index in [1.54, 1.807) is 11.1 Å². The van der Waals surface area contributed by atoms with Gasteiger partial charge in [0.05, 0.1) is 6.20 Å². The number of rotatable bonds is 4. The molecule has 5 heteroatoms. The third-order valence-electron chi connectivity index (χ3n) is 4.56. The van der Waals surface area contributed by atoms with Crippen molar-refractivity contribution < 1.29 is 13.9 Å². The molecule has 5 nitrogen and oxygen atoms in total. The molecule has 4 rings (SSSR count). The molecule has 0 spiro atoms. The lowest BCUT2D eigenvalue weighted by molar-refractivity contribution is 0.0879.